The third-order valence-corrected chi connectivity index (χ3v) is 3.86. The molecule has 2 rings (SSSR count). The van der Waals surface area contributed by atoms with Crippen molar-refractivity contribution in [2.24, 2.45) is 0 Å². The van der Waals surface area contributed by atoms with Gasteiger partial charge in [0.15, 0.2) is 5.92 Å². The summed E-state index contributed by atoms with van der Waals surface area (Å²) in [5.41, 5.74) is 0. The van der Waals surface area contributed by atoms with Gasteiger partial charge in [-0.1, -0.05) is 0 Å². The Kier molecular flexibility index (Phi) is 2.02. The molecule has 2 nitrogen and oxygen atoms in total. The number of nitriles is 2. The maximum Gasteiger partial charge on any atom is 0.167 e. The van der Waals surface area contributed by atoms with E-state index in [-0.39, 0.29) is 0 Å². The second-order valence-electron chi connectivity index (χ2n) is 2.49. The molecule has 62 valence electrons. The molecule has 0 bridgehead atoms. The van der Waals surface area contributed by atoms with Gasteiger partial charge in [0.25, 0.3) is 0 Å². The molecule has 2 aromatic rings. The summed E-state index contributed by atoms with van der Waals surface area (Å²) < 4.78 is 2.33. The molecule has 0 radical (unpaired) electrons. The molecule has 0 N–H and O–H groups in total. The summed E-state index contributed by atoms with van der Waals surface area (Å²) in [6.45, 7) is 0. The normalized spacial score (nSPS) is 10.1. The molecule has 0 aliphatic heterocycles. The second kappa shape index (κ2) is 3.18. The van der Waals surface area contributed by atoms with Crippen LogP contribution in [0.25, 0.3) is 9.40 Å². The van der Waals surface area contributed by atoms with Gasteiger partial charge < -0.3 is 0 Å². The summed E-state index contributed by atoms with van der Waals surface area (Å²) in [5, 5.41) is 19.4. The van der Waals surface area contributed by atoms with Gasteiger partial charge in [-0.05, 0) is 17.5 Å². The fraction of sp³-hybridized carbons (Fsp3) is 0.111. The lowest BCUT2D eigenvalue weighted by atomic mass is 10.1. The highest BCUT2D eigenvalue weighted by atomic mass is 32.1. The molecule has 2 aromatic heterocycles. The number of thiophene rings is 2. The lowest BCUT2D eigenvalue weighted by Crippen LogP contribution is -1.85. The molecule has 2 heterocycles. The summed E-state index contributed by atoms with van der Waals surface area (Å²) in [7, 11) is 0. The number of nitrogens with zero attached hydrogens (tertiary/aromatic N) is 2. The largest absolute Gasteiger partial charge is 0.196 e. The Morgan fingerprint density at radius 3 is 2.62 bits per heavy atom. The monoisotopic (exact) mass is 204 g/mol. The summed E-state index contributed by atoms with van der Waals surface area (Å²) in [6.07, 6.45) is 0. The molecule has 4 heteroatoms. The van der Waals surface area contributed by atoms with Crippen molar-refractivity contribution in [1.82, 2.24) is 0 Å². The standard InChI is InChI=1S/C9H4N2S2/c10-4-6(5-11)8-3-9-7(13-8)1-2-12-9/h1-3,6H. The highest BCUT2D eigenvalue weighted by molar-refractivity contribution is 7.27. The predicted octanol–water partition coefficient (Wildman–Crippen LogP) is 3.09. The fourth-order valence-corrected chi connectivity index (χ4v) is 3.19. The van der Waals surface area contributed by atoms with E-state index >= 15 is 0 Å². The van der Waals surface area contributed by atoms with Crippen molar-refractivity contribution in [3.63, 3.8) is 0 Å². The first-order valence-electron chi connectivity index (χ1n) is 3.61. The molecule has 0 saturated heterocycles. The van der Waals surface area contributed by atoms with Crippen molar-refractivity contribution in [2.75, 3.05) is 0 Å². The van der Waals surface area contributed by atoms with Gasteiger partial charge in [0.05, 0.1) is 12.1 Å². The lowest BCUT2D eigenvalue weighted by molar-refractivity contribution is 1.14. The van der Waals surface area contributed by atoms with Gasteiger partial charge in [-0.3, -0.25) is 0 Å². The summed E-state index contributed by atoms with van der Waals surface area (Å²) >= 11 is 3.16. The van der Waals surface area contributed by atoms with E-state index in [9.17, 15) is 0 Å². The first kappa shape index (κ1) is 8.25. The predicted molar refractivity (Wildman–Crippen MR) is 53.7 cm³/mol. The Labute approximate surface area is 83.3 Å². The Morgan fingerprint density at radius 1 is 1.23 bits per heavy atom. The maximum atomic E-state index is 8.68. The van der Waals surface area contributed by atoms with Crippen LogP contribution in [0, 0.1) is 22.7 Å². The zero-order valence-corrected chi connectivity index (χ0v) is 8.15. The van der Waals surface area contributed by atoms with Gasteiger partial charge >= 0.3 is 0 Å². The number of rotatable bonds is 1. The van der Waals surface area contributed by atoms with Crippen molar-refractivity contribution in [2.45, 2.75) is 5.92 Å². The van der Waals surface area contributed by atoms with Crippen LogP contribution in [-0.2, 0) is 0 Å². The van der Waals surface area contributed by atoms with Gasteiger partial charge in [0.1, 0.15) is 0 Å². The van der Waals surface area contributed by atoms with Gasteiger partial charge in [0.2, 0.25) is 0 Å². The smallest absolute Gasteiger partial charge is 0.167 e. The molecule has 0 unspecified atom stereocenters. The van der Waals surface area contributed by atoms with E-state index in [1.54, 1.807) is 11.3 Å². The van der Waals surface area contributed by atoms with Gasteiger partial charge in [-0.15, -0.1) is 22.7 Å². The van der Waals surface area contributed by atoms with E-state index < -0.39 is 5.92 Å². The third-order valence-electron chi connectivity index (χ3n) is 1.70. The maximum absolute atomic E-state index is 8.68. The SMILES string of the molecule is N#CC(C#N)c1cc2sccc2s1. The molecule has 0 atom stereocenters. The van der Waals surface area contributed by atoms with Crippen LogP contribution in [-0.4, -0.2) is 0 Å². The van der Waals surface area contributed by atoms with E-state index in [2.05, 4.69) is 0 Å². The molecule has 0 aliphatic carbocycles. The van der Waals surface area contributed by atoms with Crippen LogP contribution in [0.1, 0.15) is 10.8 Å². The molecule has 0 saturated carbocycles. The van der Waals surface area contributed by atoms with E-state index in [1.165, 1.54) is 11.3 Å². The Bertz CT molecular complexity index is 467. The lowest BCUT2D eigenvalue weighted by Gasteiger charge is -1.90. The molecule has 0 aromatic carbocycles. The fourth-order valence-electron chi connectivity index (χ4n) is 1.08. The quantitative estimate of drug-likeness (QED) is 0.716. The minimum absolute atomic E-state index is 0.607. The Morgan fingerprint density at radius 2 is 2.00 bits per heavy atom. The highest BCUT2D eigenvalue weighted by Gasteiger charge is 2.12. The van der Waals surface area contributed by atoms with Crippen molar-refractivity contribution in [3.05, 3.63) is 22.4 Å². The molecule has 0 amide bonds. The Hall–Kier alpha value is -1.36. The highest BCUT2D eigenvalue weighted by Crippen LogP contribution is 2.33. The van der Waals surface area contributed by atoms with E-state index in [0.29, 0.717) is 0 Å². The van der Waals surface area contributed by atoms with Crippen LogP contribution >= 0.6 is 22.7 Å². The third kappa shape index (κ3) is 1.31. The number of hydrogen-bond acceptors (Lipinski definition) is 4. The number of fused-ring (bicyclic) bond motifs is 1. The molecular weight excluding hydrogens is 200 g/mol. The van der Waals surface area contributed by atoms with Crippen LogP contribution < -0.4 is 0 Å². The van der Waals surface area contributed by atoms with Crippen LogP contribution in [0.4, 0.5) is 0 Å². The van der Waals surface area contributed by atoms with Crippen molar-refractivity contribution < 1.29 is 0 Å². The number of hydrogen-bond donors (Lipinski definition) is 0. The van der Waals surface area contributed by atoms with Gasteiger partial charge in [-0.2, -0.15) is 10.5 Å². The minimum Gasteiger partial charge on any atom is -0.196 e. The molecule has 13 heavy (non-hydrogen) atoms. The minimum atomic E-state index is -0.607. The summed E-state index contributed by atoms with van der Waals surface area (Å²) in [4.78, 5) is 0.854. The average molecular weight is 204 g/mol. The zero-order chi connectivity index (χ0) is 9.26. The molecule has 0 aliphatic rings. The van der Waals surface area contributed by atoms with Crippen molar-refractivity contribution in [3.8, 4) is 12.1 Å². The van der Waals surface area contributed by atoms with Crippen LogP contribution in [0.15, 0.2) is 17.5 Å². The summed E-state index contributed by atoms with van der Waals surface area (Å²) in [6, 6.07) is 7.89. The van der Waals surface area contributed by atoms with E-state index in [1.807, 2.05) is 29.7 Å². The molecule has 0 fully saturated rings. The van der Waals surface area contributed by atoms with Crippen molar-refractivity contribution >= 4 is 32.1 Å². The Balaban J connectivity index is 2.52. The molecular formula is C9H4N2S2. The zero-order valence-electron chi connectivity index (χ0n) is 6.52. The summed E-state index contributed by atoms with van der Waals surface area (Å²) in [5.74, 6) is -0.607. The van der Waals surface area contributed by atoms with Crippen LogP contribution in [0.2, 0.25) is 0 Å². The topological polar surface area (TPSA) is 47.6 Å². The van der Waals surface area contributed by atoms with Crippen molar-refractivity contribution in [1.29, 1.82) is 10.5 Å². The second-order valence-corrected chi connectivity index (χ2v) is 4.55. The first-order chi connectivity index (χ1) is 6.35. The van der Waals surface area contributed by atoms with Crippen LogP contribution in [0.5, 0.6) is 0 Å². The molecule has 0 spiro atoms. The van der Waals surface area contributed by atoms with Gasteiger partial charge in [0, 0.05) is 14.3 Å². The van der Waals surface area contributed by atoms with Gasteiger partial charge in [-0.25, -0.2) is 0 Å². The van der Waals surface area contributed by atoms with E-state index in [0.717, 1.165) is 14.3 Å². The van der Waals surface area contributed by atoms with Crippen LogP contribution in [0.3, 0.4) is 0 Å². The van der Waals surface area contributed by atoms with E-state index in [4.69, 9.17) is 10.5 Å². The average Bonchev–Trinajstić information content (AvgIpc) is 2.65. The first-order valence-corrected chi connectivity index (χ1v) is 5.31.